The molecule has 4 nitrogen and oxygen atoms in total. The molecule has 0 radical (unpaired) electrons. The second-order valence-corrected chi connectivity index (χ2v) is 9.48. The summed E-state index contributed by atoms with van der Waals surface area (Å²) in [5.41, 5.74) is -4.25. The van der Waals surface area contributed by atoms with Crippen molar-refractivity contribution in [3.8, 4) is 0 Å². The van der Waals surface area contributed by atoms with Crippen molar-refractivity contribution in [3.63, 3.8) is 0 Å². The Morgan fingerprint density at radius 2 is 1.79 bits per heavy atom. The normalized spacial score (nSPS) is 19.3. The maximum atomic E-state index is 14.3. The van der Waals surface area contributed by atoms with Gasteiger partial charge in [0.05, 0.1) is 21.7 Å². The monoisotopic (exact) mass is 554 g/mol. The van der Waals surface area contributed by atoms with E-state index in [1.165, 1.54) is 0 Å². The number of aromatic nitrogens is 1. The van der Waals surface area contributed by atoms with Gasteiger partial charge in [-0.05, 0) is 30.5 Å². The largest absolute Gasteiger partial charge is 0.461 e. The van der Waals surface area contributed by atoms with E-state index in [9.17, 15) is 31.1 Å². The fourth-order valence-electron chi connectivity index (χ4n) is 3.47. The molecule has 0 bridgehead atoms. The zero-order chi connectivity index (χ0) is 24.8. The predicted molar refractivity (Wildman–Crippen MR) is 114 cm³/mol. The number of nitrogens with zero attached hydrogens (tertiary/aromatic N) is 2. The molecule has 1 fully saturated rings. The first kappa shape index (κ1) is 26.2. The van der Waals surface area contributed by atoms with Crippen LogP contribution in [0, 0.1) is 0 Å². The van der Waals surface area contributed by atoms with Crippen LogP contribution in [-0.4, -0.2) is 36.8 Å². The number of hydrogen-bond acceptors (Lipinski definition) is 5. The van der Waals surface area contributed by atoms with Gasteiger partial charge in [0.15, 0.2) is 10.8 Å². The lowest BCUT2D eigenvalue weighted by atomic mass is 9.79. The Kier molecular flexibility index (Phi) is 7.39. The highest BCUT2D eigenvalue weighted by atomic mass is 35.5. The van der Waals surface area contributed by atoms with Gasteiger partial charge < -0.3 is 9.64 Å². The Morgan fingerprint density at radius 1 is 1.18 bits per heavy atom. The number of hydrogen-bond donors (Lipinski definition) is 0. The zero-order valence-electron chi connectivity index (χ0n) is 16.7. The molecule has 182 valence electrons. The van der Waals surface area contributed by atoms with E-state index in [-0.39, 0.29) is 38.9 Å². The highest BCUT2D eigenvalue weighted by molar-refractivity contribution is 7.17. The number of halogens is 9. The molecule has 2 aromatic rings. The summed E-state index contributed by atoms with van der Waals surface area (Å²) in [5.74, 6) is -1.23. The smallest absolute Gasteiger partial charge is 0.435 e. The lowest BCUT2D eigenvalue weighted by Gasteiger charge is -2.32. The van der Waals surface area contributed by atoms with Crippen LogP contribution in [0.2, 0.25) is 15.1 Å². The Bertz CT molecular complexity index is 1040. The molecule has 1 aliphatic rings. The molecule has 1 atom stereocenters. The summed E-state index contributed by atoms with van der Waals surface area (Å²) in [5, 5.41) is -0.853. The van der Waals surface area contributed by atoms with Gasteiger partial charge in [-0.1, -0.05) is 53.1 Å². The molecule has 0 N–H and O–H groups in total. The third-order valence-electron chi connectivity index (χ3n) is 5.13. The van der Waals surface area contributed by atoms with Crippen molar-refractivity contribution in [3.05, 3.63) is 43.3 Å². The fourth-order valence-corrected chi connectivity index (χ4v) is 5.07. The Labute approximate surface area is 203 Å². The lowest BCUT2D eigenvalue weighted by Crippen LogP contribution is -2.44. The van der Waals surface area contributed by atoms with Crippen LogP contribution in [0.5, 0.6) is 0 Å². The maximum absolute atomic E-state index is 14.3. The van der Waals surface area contributed by atoms with Crippen molar-refractivity contribution in [2.24, 2.45) is 0 Å². The van der Waals surface area contributed by atoms with Crippen molar-refractivity contribution in [1.82, 2.24) is 4.98 Å². The van der Waals surface area contributed by atoms with Gasteiger partial charge in [0.2, 0.25) is 0 Å². The van der Waals surface area contributed by atoms with Gasteiger partial charge >= 0.3 is 18.3 Å². The average Bonchev–Trinajstić information content (AvgIpc) is 3.34. The van der Waals surface area contributed by atoms with Crippen LogP contribution in [0.25, 0.3) is 0 Å². The topological polar surface area (TPSA) is 42.4 Å². The molecule has 0 amide bonds. The molecule has 1 aromatic heterocycles. The molecule has 0 spiro atoms. The summed E-state index contributed by atoms with van der Waals surface area (Å²) in [6.45, 7) is 0.527. The molecule has 1 aromatic carbocycles. The van der Waals surface area contributed by atoms with E-state index in [1.54, 1.807) is 6.92 Å². The molecule has 2 heterocycles. The summed E-state index contributed by atoms with van der Waals surface area (Å²) in [4.78, 5) is 15.8. The van der Waals surface area contributed by atoms with E-state index >= 15 is 0 Å². The highest BCUT2D eigenvalue weighted by Crippen LogP contribution is 2.51. The molecule has 1 saturated heterocycles. The van der Waals surface area contributed by atoms with Crippen molar-refractivity contribution in [2.75, 3.05) is 24.6 Å². The number of thiazole rings is 1. The van der Waals surface area contributed by atoms with Crippen LogP contribution in [0.3, 0.4) is 0 Å². The van der Waals surface area contributed by atoms with E-state index in [2.05, 4.69) is 4.98 Å². The molecular weight excluding hydrogens is 541 g/mol. The van der Waals surface area contributed by atoms with Gasteiger partial charge in [0.1, 0.15) is 10.3 Å². The van der Waals surface area contributed by atoms with Gasteiger partial charge in [-0.3, -0.25) is 0 Å². The van der Waals surface area contributed by atoms with Crippen LogP contribution in [0.4, 0.5) is 31.5 Å². The van der Waals surface area contributed by atoms with E-state index in [1.807, 2.05) is 0 Å². The van der Waals surface area contributed by atoms with Crippen molar-refractivity contribution < 1.29 is 35.9 Å². The van der Waals surface area contributed by atoms with Crippen LogP contribution < -0.4 is 4.90 Å². The number of carbonyl (C=O) groups is 1. The molecule has 3 rings (SSSR count). The van der Waals surface area contributed by atoms with Crippen LogP contribution in [-0.2, 0) is 16.3 Å². The quantitative estimate of drug-likeness (QED) is 0.219. The summed E-state index contributed by atoms with van der Waals surface area (Å²) in [7, 11) is 0. The van der Waals surface area contributed by atoms with Crippen molar-refractivity contribution >= 4 is 57.2 Å². The van der Waals surface area contributed by atoms with Gasteiger partial charge in [-0.25, -0.2) is 9.78 Å². The number of alkyl halides is 6. The number of anilines is 1. The minimum absolute atomic E-state index is 0.109. The van der Waals surface area contributed by atoms with Crippen LogP contribution in [0.1, 0.15) is 40.7 Å². The van der Waals surface area contributed by atoms with E-state index in [0.717, 1.165) is 17.0 Å². The molecular formula is C19H15Cl3F6N2O2S. The van der Waals surface area contributed by atoms with Gasteiger partial charge in [-0.2, -0.15) is 26.3 Å². The average molecular weight is 556 g/mol. The summed E-state index contributed by atoms with van der Waals surface area (Å²) in [6.07, 6.45) is -9.91. The SMILES string of the molecule is CCCOC(=O)c1sc(N2CCC(c3cc(Cl)c(Cl)c(Cl)c3)(C(F)(F)F)C2)nc1C(F)(F)F. The number of carbonyl (C=O) groups excluding carboxylic acids is 1. The number of benzene rings is 1. The second-order valence-electron chi connectivity index (χ2n) is 7.31. The molecule has 0 aliphatic carbocycles. The molecule has 1 aliphatic heterocycles. The van der Waals surface area contributed by atoms with E-state index in [0.29, 0.717) is 17.8 Å². The zero-order valence-corrected chi connectivity index (χ0v) is 19.8. The van der Waals surface area contributed by atoms with Gasteiger partial charge in [0, 0.05) is 13.1 Å². The summed E-state index contributed by atoms with van der Waals surface area (Å²) < 4.78 is 88.0. The van der Waals surface area contributed by atoms with E-state index < -0.39 is 47.3 Å². The first-order chi connectivity index (χ1) is 15.2. The summed E-state index contributed by atoms with van der Waals surface area (Å²) >= 11 is 18.1. The van der Waals surface area contributed by atoms with Gasteiger partial charge in [0.25, 0.3) is 0 Å². The predicted octanol–water partition coefficient (Wildman–Crippen LogP) is 7.40. The number of rotatable bonds is 5. The van der Waals surface area contributed by atoms with Crippen LogP contribution in [0.15, 0.2) is 12.1 Å². The molecule has 33 heavy (non-hydrogen) atoms. The second kappa shape index (κ2) is 9.31. The Balaban J connectivity index is 2.03. The van der Waals surface area contributed by atoms with E-state index in [4.69, 9.17) is 39.5 Å². The fraction of sp³-hybridized carbons (Fsp3) is 0.474. The minimum Gasteiger partial charge on any atom is -0.461 e. The van der Waals surface area contributed by atoms with Crippen LogP contribution >= 0.6 is 46.1 Å². The third-order valence-corrected chi connectivity index (χ3v) is 7.42. The van der Waals surface area contributed by atoms with Crippen molar-refractivity contribution in [2.45, 2.75) is 37.5 Å². The third kappa shape index (κ3) is 5.01. The Hall–Kier alpha value is -1.43. The molecule has 1 unspecified atom stereocenters. The summed E-state index contributed by atoms with van der Waals surface area (Å²) in [6, 6.07) is 2.09. The Morgan fingerprint density at radius 3 is 2.30 bits per heavy atom. The standard InChI is InChI=1S/C19H15Cl3F6N2O2S/c1-2-5-32-15(31)13-14(18(23,24)25)29-16(33-13)30-4-3-17(8-30,19(26,27)28)9-6-10(20)12(22)11(21)7-9/h6-7H,2-5,8H2,1H3. The van der Waals surface area contributed by atoms with Crippen molar-refractivity contribution in [1.29, 1.82) is 0 Å². The van der Waals surface area contributed by atoms with Gasteiger partial charge in [-0.15, -0.1) is 0 Å². The molecule has 0 saturated carbocycles. The minimum atomic E-state index is -4.99. The number of esters is 1. The first-order valence-electron chi connectivity index (χ1n) is 9.43. The lowest BCUT2D eigenvalue weighted by molar-refractivity contribution is -0.184. The maximum Gasteiger partial charge on any atom is 0.435 e. The highest BCUT2D eigenvalue weighted by Gasteiger charge is 2.60. The molecule has 14 heteroatoms. The first-order valence-corrected chi connectivity index (χ1v) is 11.4. The number of ether oxygens (including phenoxy) is 1.